The summed E-state index contributed by atoms with van der Waals surface area (Å²) in [4.78, 5) is 34.6. The Morgan fingerprint density at radius 3 is 2.43 bits per heavy atom. The smallest absolute Gasteiger partial charge is 0.269 e. The highest BCUT2D eigenvalue weighted by Crippen LogP contribution is 2.31. The van der Waals surface area contributed by atoms with Crippen molar-refractivity contribution in [3.63, 3.8) is 0 Å². The van der Waals surface area contributed by atoms with E-state index < -0.39 is 11.0 Å². The molecule has 2 aromatic carbocycles. The second kappa shape index (κ2) is 8.08. The molecule has 1 saturated carbocycles. The number of nitrogens with one attached hydrogen (secondary N) is 2. The summed E-state index contributed by atoms with van der Waals surface area (Å²) in [5.41, 5.74) is 2.06. The normalized spacial score (nSPS) is 14.1. The molecule has 2 amide bonds. The minimum atomic E-state index is -0.813. The summed E-state index contributed by atoms with van der Waals surface area (Å²) in [7, 11) is 0. The van der Waals surface area contributed by atoms with Crippen LogP contribution in [0.3, 0.4) is 0 Å². The average Bonchev–Trinajstić information content (AvgIpc) is 3.50. The molecule has 8 nitrogen and oxygen atoms in total. The van der Waals surface area contributed by atoms with Crippen molar-refractivity contribution in [1.29, 1.82) is 0 Å². The zero-order valence-corrected chi connectivity index (χ0v) is 15.6. The van der Waals surface area contributed by atoms with Gasteiger partial charge in [-0.05, 0) is 56.5 Å². The van der Waals surface area contributed by atoms with Crippen molar-refractivity contribution in [3.8, 4) is 5.75 Å². The van der Waals surface area contributed by atoms with Gasteiger partial charge in [-0.25, -0.2) is 0 Å². The molecule has 0 heterocycles. The number of carbonyl (C=O) groups is 2. The molecular formula is C20H21N3O5. The standard InChI is InChI=1S/C20H21N3O5/c1-12-3-6-15(11-18(12)22-20(25)14-4-5-14)21-19(24)13(2)28-17-9-7-16(8-10-17)23(26)27/h3,6-11,13-14H,4-5H2,1-2H3,(H,21,24)(H,22,25). The summed E-state index contributed by atoms with van der Waals surface area (Å²) in [5, 5.41) is 16.3. The van der Waals surface area contributed by atoms with E-state index in [1.165, 1.54) is 24.3 Å². The number of benzene rings is 2. The van der Waals surface area contributed by atoms with Gasteiger partial charge in [-0.2, -0.15) is 0 Å². The van der Waals surface area contributed by atoms with E-state index in [0.717, 1.165) is 18.4 Å². The van der Waals surface area contributed by atoms with Gasteiger partial charge in [0.05, 0.1) is 4.92 Å². The fourth-order valence-electron chi connectivity index (χ4n) is 2.56. The molecular weight excluding hydrogens is 362 g/mol. The van der Waals surface area contributed by atoms with Gasteiger partial charge in [0.25, 0.3) is 11.6 Å². The molecule has 28 heavy (non-hydrogen) atoms. The summed E-state index contributed by atoms with van der Waals surface area (Å²) in [6.07, 6.45) is 1.02. The molecule has 8 heteroatoms. The van der Waals surface area contributed by atoms with Gasteiger partial charge in [-0.1, -0.05) is 6.07 Å². The van der Waals surface area contributed by atoms with Gasteiger partial charge in [0.15, 0.2) is 6.10 Å². The largest absolute Gasteiger partial charge is 0.481 e. The number of ether oxygens (including phenoxy) is 1. The fraction of sp³-hybridized carbons (Fsp3) is 0.300. The second-order valence-electron chi connectivity index (χ2n) is 6.79. The Bertz CT molecular complexity index is 907. The molecule has 3 rings (SSSR count). The molecule has 1 aliphatic rings. The highest BCUT2D eigenvalue weighted by Gasteiger charge is 2.29. The summed E-state index contributed by atoms with van der Waals surface area (Å²) in [6, 6.07) is 10.8. The molecule has 0 radical (unpaired) electrons. The lowest BCUT2D eigenvalue weighted by Gasteiger charge is -2.16. The minimum Gasteiger partial charge on any atom is -0.481 e. The third-order valence-electron chi connectivity index (χ3n) is 4.44. The number of nitro benzene ring substituents is 1. The topological polar surface area (TPSA) is 111 Å². The Morgan fingerprint density at radius 2 is 1.82 bits per heavy atom. The lowest BCUT2D eigenvalue weighted by Crippen LogP contribution is -2.30. The van der Waals surface area contributed by atoms with Crippen molar-refractivity contribution in [2.24, 2.45) is 5.92 Å². The van der Waals surface area contributed by atoms with Crippen LogP contribution in [-0.2, 0) is 9.59 Å². The molecule has 0 saturated heterocycles. The van der Waals surface area contributed by atoms with Gasteiger partial charge in [0.1, 0.15) is 5.75 Å². The highest BCUT2D eigenvalue weighted by molar-refractivity contribution is 5.97. The summed E-state index contributed by atoms with van der Waals surface area (Å²) >= 11 is 0. The molecule has 0 aromatic heterocycles. The molecule has 1 fully saturated rings. The maximum Gasteiger partial charge on any atom is 0.269 e. The Labute approximate surface area is 162 Å². The number of nitrogens with zero attached hydrogens (tertiary/aromatic N) is 1. The molecule has 2 N–H and O–H groups in total. The minimum absolute atomic E-state index is 0.00134. The van der Waals surface area contributed by atoms with E-state index in [1.807, 2.05) is 13.0 Å². The first-order chi connectivity index (χ1) is 13.3. The molecule has 146 valence electrons. The summed E-state index contributed by atoms with van der Waals surface area (Å²) in [6.45, 7) is 3.47. The van der Waals surface area contributed by atoms with Crippen LogP contribution in [0, 0.1) is 23.0 Å². The van der Waals surface area contributed by atoms with Crippen molar-refractivity contribution < 1.29 is 19.2 Å². The molecule has 2 aromatic rings. The summed E-state index contributed by atoms with van der Waals surface area (Å²) in [5.74, 6) is 0.0745. The zero-order valence-electron chi connectivity index (χ0n) is 15.6. The maximum absolute atomic E-state index is 12.4. The Morgan fingerprint density at radius 1 is 1.14 bits per heavy atom. The number of anilines is 2. The fourth-order valence-corrected chi connectivity index (χ4v) is 2.56. The van der Waals surface area contributed by atoms with Gasteiger partial charge in [-0.15, -0.1) is 0 Å². The van der Waals surface area contributed by atoms with Crippen LogP contribution in [0.1, 0.15) is 25.3 Å². The van der Waals surface area contributed by atoms with Crippen LogP contribution in [0.15, 0.2) is 42.5 Å². The third kappa shape index (κ3) is 4.85. The number of amides is 2. The molecule has 0 bridgehead atoms. The van der Waals surface area contributed by atoms with Crippen LogP contribution < -0.4 is 15.4 Å². The second-order valence-corrected chi connectivity index (χ2v) is 6.79. The van der Waals surface area contributed by atoms with E-state index in [2.05, 4.69) is 10.6 Å². The Hall–Kier alpha value is -3.42. The molecule has 0 spiro atoms. The van der Waals surface area contributed by atoms with Crippen LogP contribution in [0.25, 0.3) is 0 Å². The lowest BCUT2D eigenvalue weighted by molar-refractivity contribution is -0.384. The van der Waals surface area contributed by atoms with Crippen molar-refractivity contribution in [1.82, 2.24) is 0 Å². The van der Waals surface area contributed by atoms with Crippen molar-refractivity contribution >= 4 is 28.9 Å². The SMILES string of the molecule is Cc1ccc(NC(=O)C(C)Oc2ccc([N+](=O)[O-])cc2)cc1NC(=O)C1CC1. The van der Waals surface area contributed by atoms with E-state index >= 15 is 0 Å². The third-order valence-corrected chi connectivity index (χ3v) is 4.44. The highest BCUT2D eigenvalue weighted by atomic mass is 16.6. The first-order valence-electron chi connectivity index (χ1n) is 8.97. The predicted molar refractivity (Wildman–Crippen MR) is 104 cm³/mol. The van der Waals surface area contributed by atoms with Crippen molar-refractivity contribution in [2.75, 3.05) is 10.6 Å². The molecule has 0 aliphatic heterocycles. The monoisotopic (exact) mass is 383 g/mol. The van der Waals surface area contributed by atoms with Crippen LogP contribution in [0.4, 0.5) is 17.1 Å². The van der Waals surface area contributed by atoms with E-state index in [0.29, 0.717) is 17.1 Å². The Balaban J connectivity index is 1.61. The number of hydrogen-bond acceptors (Lipinski definition) is 5. The van der Waals surface area contributed by atoms with Crippen molar-refractivity contribution in [3.05, 3.63) is 58.1 Å². The zero-order chi connectivity index (χ0) is 20.3. The number of hydrogen-bond donors (Lipinski definition) is 2. The predicted octanol–water partition coefficient (Wildman–Crippen LogP) is 3.66. The number of rotatable bonds is 7. The van der Waals surface area contributed by atoms with E-state index in [9.17, 15) is 19.7 Å². The number of aryl methyl sites for hydroxylation is 1. The Kier molecular flexibility index (Phi) is 5.58. The van der Waals surface area contributed by atoms with E-state index in [-0.39, 0.29) is 23.4 Å². The van der Waals surface area contributed by atoms with Gasteiger partial charge in [0, 0.05) is 29.4 Å². The van der Waals surface area contributed by atoms with Crippen molar-refractivity contribution in [2.45, 2.75) is 32.8 Å². The quantitative estimate of drug-likeness (QED) is 0.560. The number of nitro groups is 1. The van der Waals surface area contributed by atoms with E-state index in [4.69, 9.17) is 4.74 Å². The number of carbonyl (C=O) groups excluding carboxylic acids is 2. The van der Waals surface area contributed by atoms with Crippen LogP contribution in [0.2, 0.25) is 0 Å². The van der Waals surface area contributed by atoms with Gasteiger partial charge < -0.3 is 15.4 Å². The van der Waals surface area contributed by atoms with Crippen LogP contribution >= 0.6 is 0 Å². The maximum atomic E-state index is 12.4. The van der Waals surface area contributed by atoms with E-state index in [1.54, 1.807) is 19.1 Å². The molecule has 1 atom stereocenters. The first kappa shape index (κ1) is 19.3. The molecule has 1 aliphatic carbocycles. The number of non-ortho nitro benzene ring substituents is 1. The van der Waals surface area contributed by atoms with Gasteiger partial charge in [-0.3, -0.25) is 19.7 Å². The average molecular weight is 383 g/mol. The van der Waals surface area contributed by atoms with Gasteiger partial charge >= 0.3 is 0 Å². The van der Waals surface area contributed by atoms with Gasteiger partial charge in [0.2, 0.25) is 5.91 Å². The first-order valence-corrected chi connectivity index (χ1v) is 8.97. The lowest BCUT2D eigenvalue weighted by atomic mass is 10.1. The van der Waals surface area contributed by atoms with Crippen LogP contribution in [0.5, 0.6) is 5.75 Å². The van der Waals surface area contributed by atoms with Crippen LogP contribution in [-0.4, -0.2) is 22.8 Å². The molecule has 1 unspecified atom stereocenters. The summed E-state index contributed by atoms with van der Waals surface area (Å²) < 4.78 is 5.54.